The molecule has 0 spiro atoms. The maximum atomic E-state index is 13.5. The maximum absolute atomic E-state index is 13.5. The van der Waals surface area contributed by atoms with Gasteiger partial charge in [-0.1, -0.05) is 18.2 Å². The highest BCUT2D eigenvalue weighted by molar-refractivity contribution is 5.54. The number of aliphatic hydroxyl groups excluding tert-OH is 1. The van der Waals surface area contributed by atoms with Crippen molar-refractivity contribution in [2.24, 2.45) is 0 Å². The lowest BCUT2D eigenvalue weighted by Crippen LogP contribution is -2.24. The third-order valence-corrected chi connectivity index (χ3v) is 2.29. The molecule has 86 valence electrons. The number of rotatable bonds is 6. The van der Waals surface area contributed by atoms with E-state index in [-0.39, 0.29) is 6.61 Å². The van der Waals surface area contributed by atoms with E-state index in [1.165, 1.54) is 6.07 Å². The monoisotopic (exact) mass is 221 g/mol. The Morgan fingerprint density at radius 3 is 2.38 bits per heavy atom. The normalized spacial score (nSPS) is 9.88. The van der Waals surface area contributed by atoms with Gasteiger partial charge >= 0.3 is 0 Å². The molecule has 1 aromatic carbocycles. The molecule has 0 aliphatic carbocycles. The van der Waals surface area contributed by atoms with Crippen LogP contribution < -0.4 is 4.90 Å². The van der Waals surface area contributed by atoms with Gasteiger partial charge in [-0.2, -0.15) is 0 Å². The minimum Gasteiger partial charge on any atom is -0.391 e. The topological polar surface area (TPSA) is 23.5 Å². The van der Waals surface area contributed by atoms with Gasteiger partial charge in [0.25, 0.3) is 0 Å². The van der Waals surface area contributed by atoms with Crippen molar-refractivity contribution in [1.82, 2.24) is 0 Å². The van der Waals surface area contributed by atoms with Crippen LogP contribution in [-0.4, -0.2) is 18.2 Å². The number of benzene rings is 1. The van der Waals surface area contributed by atoms with E-state index in [0.29, 0.717) is 24.3 Å². The Labute approximate surface area is 95.3 Å². The fourth-order valence-corrected chi connectivity index (χ4v) is 1.58. The zero-order valence-electron chi connectivity index (χ0n) is 9.19. The van der Waals surface area contributed by atoms with Gasteiger partial charge in [0.15, 0.2) is 0 Å². The van der Waals surface area contributed by atoms with Crippen molar-refractivity contribution >= 4 is 5.69 Å². The van der Waals surface area contributed by atoms with Gasteiger partial charge in [-0.25, -0.2) is 4.39 Å². The molecule has 0 unspecified atom stereocenters. The van der Waals surface area contributed by atoms with Gasteiger partial charge in [0.1, 0.15) is 5.82 Å². The van der Waals surface area contributed by atoms with Gasteiger partial charge < -0.3 is 10.0 Å². The summed E-state index contributed by atoms with van der Waals surface area (Å²) in [4.78, 5) is 1.90. The summed E-state index contributed by atoms with van der Waals surface area (Å²) in [6, 6.07) is 4.75. The third kappa shape index (κ3) is 2.70. The van der Waals surface area contributed by atoms with Crippen LogP contribution in [-0.2, 0) is 6.61 Å². The second-order valence-electron chi connectivity index (χ2n) is 3.38. The molecular formula is C13H16FNO. The summed E-state index contributed by atoms with van der Waals surface area (Å²) < 4.78 is 13.5. The number of hydrogen-bond donors (Lipinski definition) is 1. The molecule has 2 nitrogen and oxygen atoms in total. The predicted molar refractivity (Wildman–Crippen MR) is 64.9 cm³/mol. The van der Waals surface area contributed by atoms with E-state index in [9.17, 15) is 4.39 Å². The Balaban J connectivity index is 3.11. The van der Waals surface area contributed by atoms with Crippen LogP contribution in [0.4, 0.5) is 10.1 Å². The first-order chi connectivity index (χ1) is 7.74. The lowest BCUT2D eigenvalue weighted by Gasteiger charge is -2.24. The van der Waals surface area contributed by atoms with Crippen LogP contribution in [0, 0.1) is 5.82 Å². The average Bonchev–Trinajstić information content (AvgIpc) is 2.28. The zero-order chi connectivity index (χ0) is 12.0. The summed E-state index contributed by atoms with van der Waals surface area (Å²) in [5.74, 6) is -0.391. The first-order valence-corrected chi connectivity index (χ1v) is 5.09. The lowest BCUT2D eigenvalue weighted by atomic mass is 10.1. The van der Waals surface area contributed by atoms with Crippen molar-refractivity contribution in [2.75, 3.05) is 18.0 Å². The summed E-state index contributed by atoms with van der Waals surface area (Å²) in [5.41, 5.74) is 0.994. The smallest absolute Gasteiger partial charge is 0.130 e. The second kappa shape index (κ2) is 6.08. The molecule has 0 fully saturated rings. The minimum atomic E-state index is -0.391. The fraction of sp³-hybridized carbons (Fsp3) is 0.231. The summed E-state index contributed by atoms with van der Waals surface area (Å²) in [6.07, 6.45) is 3.46. The van der Waals surface area contributed by atoms with Crippen LogP contribution in [0.2, 0.25) is 0 Å². The van der Waals surface area contributed by atoms with Crippen LogP contribution in [0.5, 0.6) is 0 Å². The van der Waals surface area contributed by atoms with Gasteiger partial charge in [0.2, 0.25) is 0 Å². The molecule has 0 aliphatic rings. The van der Waals surface area contributed by atoms with Crippen molar-refractivity contribution in [2.45, 2.75) is 6.61 Å². The average molecular weight is 221 g/mol. The lowest BCUT2D eigenvalue weighted by molar-refractivity contribution is 0.276. The minimum absolute atomic E-state index is 0.311. The second-order valence-corrected chi connectivity index (χ2v) is 3.38. The number of halogens is 1. The Bertz CT molecular complexity index is 366. The molecule has 0 bridgehead atoms. The SMILES string of the molecule is C=CCN(CC=C)c1cccc(F)c1CO. The number of nitrogens with zero attached hydrogens (tertiary/aromatic N) is 1. The Hall–Kier alpha value is -1.61. The van der Waals surface area contributed by atoms with Crippen molar-refractivity contribution in [3.8, 4) is 0 Å². The van der Waals surface area contributed by atoms with Crippen molar-refractivity contribution < 1.29 is 9.50 Å². The Morgan fingerprint density at radius 1 is 1.25 bits per heavy atom. The van der Waals surface area contributed by atoms with E-state index in [1.807, 2.05) is 4.90 Å². The number of anilines is 1. The molecule has 0 amide bonds. The van der Waals surface area contributed by atoms with Gasteiger partial charge in [-0.05, 0) is 12.1 Å². The molecule has 0 atom stereocenters. The van der Waals surface area contributed by atoms with E-state index in [1.54, 1.807) is 24.3 Å². The Kier molecular flexibility index (Phi) is 4.73. The summed E-state index contributed by atoms with van der Waals surface area (Å²) in [7, 11) is 0. The molecule has 1 aromatic rings. The summed E-state index contributed by atoms with van der Waals surface area (Å²) in [6.45, 7) is 8.17. The van der Waals surface area contributed by atoms with Crippen LogP contribution in [0.25, 0.3) is 0 Å². The van der Waals surface area contributed by atoms with Crippen molar-refractivity contribution in [3.05, 3.63) is 54.9 Å². The van der Waals surface area contributed by atoms with E-state index in [4.69, 9.17) is 5.11 Å². The highest BCUT2D eigenvalue weighted by Crippen LogP contribution is 2.23. The predicted octanol–water partition coefficient (Wildman–Crippen LogP) is 2.50. The van der Waals surface area contributed by atoms with Crippen LogP contribution >= 0.6 is 0 Å². The first kappa shape index (κ1) is 12.5. The van der Waals surface area contributed by atoms with E-state index in [0.717, 1.165) is 0 Å². The van der Waals surface area contributed by atoms with Crippen LogP contribution in [0.1, 0.15) is 5.56 Å². The standard InChI is InChI=1S/C13H16FNO/c1-3-8-15(9-4-2)13-7-5-6-12(14)11(13)10-16/h3-7,16H,1-2,8-10H2. The van der Waals surface area contributed by atoms with Gasteiger partial charge in [-0.3, -0.25) is 0 Å². The Morgan fingerprint density at radius 2 is 1.88 bits per heavy atom. The molecule has 0 aromatic heterocycles. The molecule has 1 N–H and O–H groups in total. The number of aliphatic hydroxyl groups is 1. The third-order valence-electron chi connectivity index (χ3n) is 2.29. The fourth-order valence-electron chi connectivity index (χ4n) is 1.58. The summed E-state index contributed by atoms with van der Waals surface area (Å²) in [5, 5.41) is 9.17. The molecule has 0 saturated carbocycles. The molecule has 0 aliphatic heterocycles. The zero-order valence-corrected chi connectivity index (χ0v) is 9.19. The van der Waals surface area contributed by atoms with Gasteiger partial charge in [0.05, 0.1) is 6.61 Å². The van der Waals surface area contributed by atoms with E-state index < -0.39 is 5.82 Å². The maximum Gasteiger partial charge on any atom is 0.130 e. The van der Waals surface area contributed by atoms with E-state index in [2.05, 4.69) is 13.2 Å². The van der Waals surface area contributed by atoms with Gasteiger partial charge in [-0.15, -0.1) is 13.2 Å². The van der Waals surface area contributed by atoms with Gasteiger partial charge in [0, 0.05) is 24.3 Å². The first-order valence-electron chi connectivity index (χ1n) is 5.09. The quantitative estimate of drug-likeness (QED) is 0.746. The summed E-state index contributed by atoms with van der Waals surface area (Å²) >= 11 is 0. The van der Waals surface area contributed by atoms with E-state index >= 15 is 0 Å². The number of hydrogen-bond acceptors (Lipinski definition) is 2. The molecular weight excluding hydrogens is 205 g/mol. The molecule has 0 radical (unpaired) electrons. The highest BCUT2D eigenvalue weighted by Gasteiger charge is 2.11. The van der Waals surface area contributed by atoms with Crippen LogP contribution in [0.3, 0.4) is 0 Å². The molecule has 0 saturated heterocycles. The molecule has 16 heavy (non-hydrogen) atoms. The van der Waals surface area contributed by atoms with Crippen molar-refractivity contribution in [3.63, 3.8) is 0 Å². The molecule has 1 rings (SSSR count). The molecule has 0 heterocycles. The van der Waals surface area contributed by atoms with Crippen LogP contribution in [0.15, 0.2) is 43.5 Å². The van der Waals surface area contributed by atoms with Crippen molar-refractivity contribution in [1.29, 1.82) is 0 Å². The highest BCUT2D eigenvalue weighted by atomic mass is 19.1. The molecule has 3 heteroatoms. The largest absolute Gasteiger partial charge is 0.391 e.